The molecule has 0 atom stereocenters. The van der Waals surface area contributed by atoms with Crippen LogP contribution in [0.1, 0.15) is 12.1 Å². The average molecular weight is 289 g/mol. The number of benzene rings is 1. The number of halogens is 2. The van der Waals surface area contributed by atoms with Crippen LogP contribution in [0.5, 0.6) is 0 Å². The summed E-state index contributed by atoms with van der Waals surface area (Å²) in [4.78, 5) is 8.28. The van der Waals surface area contributed by atoms with Gasteiger partial charge in [-0.1, -0.05) is 0 Å². The molecule has 0 saturated carbocycles. The molecule has 0 fully saturated rings. The number of anilines is 1. The predicted molar refractivity (Wildman–Crippen MR) is 74.9 cm³/mol. The molecule has 0 saturated heterocycles. The zero-order valence-corrected chi connectivity index (χ0v) is 11.1. The van der Waals surface area contributed by atoms with Gasteiger partial charge in [0.2, 0.25) is 0 Å². The summed E-state index contributed by atoms with van der Waals surface area (Å²) in [5.74, 6) is -1.30. The highest BCUT2D eigenvalue weighted by Gasteiger charge is 2.06. The summed E-state index contributed by atoms with van der Waals surface area (Å²) in [6.45, 7) is 0.697. The van der Waals surface area contributed by atoms with Crippen LogP contribution in [0.3, 0.4) is 0 Å². The lowest BCUT2D eigenvalue weighted by Crippen LogP contribution is -2.05. The fraction of sp³-hybridized carbons (Fsp3) is 0.214. The van der Waals surface area contributed by atoms with E-state index in [0.29, 0.717) is 23.4 Å². The van der Waals surface area contributed by atoms with Crippen molar-refractivity contribution in [3.8, 4) is 0 Å². The van der Waals surface area contributed by atoms with Crippen molar-refractivity contribution < 1.29 is 8.78 Å². The lowest BCUT2D eigenvalue weighted by atomic mass is 10.2. The fourth-order valence-electron chi connectivity index (χ4n) is 2.01. The molecule has 0 bridgehead atoms. The average Bonchev–Trinajstić information content (AvgIpc) is 2.98. The van der Waals surface area contributed by atoms with Crippen molar-refractivity contribution in [3.63, 3.8) is 0 Å². The third-order valence-corrected chi connectivity index (χ3v) is 3.07. The second kappa shape index (κ2) is 5.82. The molecule has 5 nitrogen and oxygen atoms in total. The van der Waals surface area contributed by atoms with Gasteiger partial charge in [-0.3, -0.25) is 10.1 Å². The van der Waals surface area contributed by atoms with Crippen LogP contribution in [0.4, 0.5) is 14.6 Å². The Morgan fingerprint density at radius 1 is 1.14 bits per heavy atom. The monoisotopic (exact) mass is 289 g/mol. The topological polar surface area (TPSA) is 66.5 Å². The number of aryl methyl sites for hydroxylation is 1. The van der Waals surface area contributed by atoms with Gasteiger partial charge in [0.1, 0.15) is 5.82 Å². The van der Waals surface area contributed by atoms with Gasteiger partial charge in [-0.25, -0.2) is 13.8 Å². The highest BCUT2D eigenvalue weighted by molar-refractivity contribution is 5.75. The maximum absolute atomic E-state index is 13.2. The van der Waals surface area contributed by atoms with Crippen molar-refractivity contribution in [2.24, 2.45) is 0 Å². The third kappa shape index (κ3) is 3.13. The molecular formula is C14H13F2N5. The first-order valence-electron chi connectivity index (χ1n) is 6.56. The second-order valence-corrected chi connectivity index (χ2v) is 4.62. The minimum absolute atomic E-state index is 0.326. The number of aromatic nitrogens is 4. The van der Waals surface area contributed by atoms with E-state index in [9.17, 15) is 8.78 Å². The highest BCUT2D eigenvalue weighted by atomic mass is 19.2. The molecule has 0 radical (unpaired) electrons. The molecule has 0 amide bonds. The lowest BCUT2D eigenvalue weighted by molar-refractivity contribution is 0.510. The summed E-state index contributed by atoms with van der Waals surface area (Å²) in [7, 11) is 0. The predicted octanol–water partition coefficient (Wildman–Crippen LogP) is 2.68. The molecule has 2 heterocycles. The zero-order valence-electron chi connectivity index (χ0n) is 11.1. The molecule has 0 spiro atoms. The number of nitrogens with zero attached hydrogens (tertiary/aromatic N) is 3. The zero-order chi connectivity index (χ0) is 14.7. The summed E-state index contributed by atoms with van der Waals surface area (Å²) in [6, 6.07) is 4.01. The van der Waals surface area contributed by atoms with Gasteiger partial charge in [-0.2, -0.15) is 5.10 Å². The summed E-state index contributed by atoms with van der Waals surface area (Å²) < 4.78 is 26.2. The van der Waals surface area contributed by atoms with Crippen molar-refractivity contribution in [2.45, 2.75) is 12.8 Å². The Bertz CT molecular complexity index is 742. The van der Waals surface area contributed by atoms with E-state index in [2.05, 4.69) is 25.5 Å². The van der Waals surface area contributed by atoms with Gasteiger partial charge in [0, 0.05) is 30.6 Å². The molecule has 0 aliphatic rings. The molecule has 3 aromatic rings. The number of hydrogen-bond donors (Lipinski definition) is 2. The number of rotatable bonds is 5. The van der Waals surface area contributed by atoms with Crippen LogP contribution in [0.25, 0.3) is 11.0 Å². The largest absolute Gasteiger partial charge is 0.369 e. The van der Waals surface area contributed by atoms with Crippen LogP contribution in [0.2, 0.25) is 0 Å². The first-order chi connectivity index (χ1) is 10.2. The van der Waals surface area contributed by atoms with Crippen molar-refractivity contribution in [3.05, 3.63) is 47.9 Å². The molecule has 0 unspecified atom stereocenters. The Morgan fingerprint density at radius 2 is 1.95 bits per heavy atom. The molecule has 2 aromatic heterocycles. The molecule has 1 aromatic carbocycles. The first kappa shape index (κ1) is 13.4. The standard InChI is InChI=1S/C14H13F2N5/c15-10-6-12-13(7-11(10)16)20-14(8-18-12)17-4-1-2-9-3-5-19-21-9/h3,5-8H,1-2,4H2,(H,17,20)(H,19,21). The Kier molecular flexibility index (Phi) is 3.72. The normalized spacial score (nSPS) is 11.0. The Hall–Kier alpha value is -2.57. The Labute approximate surface area is 119 Å². The number of fused-ring (bicyclic) bond motifs is 1. The van der Waals surface area contributed by atoms with E-state index in [0.717, 1.165) is 30.7 Å². The van der Waals surface area contributed by atoms with Crippen LogP contribution < -0.4 is 5.32 Å². The van der Waals surface area contributed by atoms with E-state index in [1.54, 1.807) is 6.20 Å². The van der Waals surface area contributed by atoms with Gasteiger partial charge in [-0.15, -0.1) is 0 Å². The number of H-pyrrole nitrogens is 1. The van der Waals surface area contributed by atoms with E-state index in [4.69, 9.17) is 0 Å². The maximum atomic E-state index is 13.2. The van der Waals surface area contributed by atoms with Gasteiger partial charge < -0.3 is 5.32 Å². The van der Waals surface area contributed by atoms with Crippen molar-refractivity contribution >= 4 is 16.9 Å². The lowest BCUT2D eigenvalue weighted by Gasteiger charge is -2.06. The minimum Gasteiger partial charge on any atom is -0.369 e. The fourth-order valence-corrected chi connectivity index (χ4v) is 2.01. The molecule has 108 valence electrons. The number of hydrogen-bond acceptors (Lipinski definition) is 4. The molecule has 0 aliphatic carbocycles. The molecule has 0 aliphatic heterocycles. The van der Waals surface area contributed by atoms with Gasteiger partial charge in [-0.05, 0) is 18.9 Å². The van der Waals surface area contributed by atoms with Crippen molar-refractivity contribution in [2.75, 3.05) is 11.9 Å². The van der Waals surface area contributed by atoms with Gasteiger partial charge in [0.15, 0.2) is 11.6 Å². The van der Waals surface area contributed by atoms with E-state index < -0.39 is 11.6 Å². The van der Waals surface area contributed by atoms with E-state index in [-0.39, 0.29) is 0 Å². The van der Waals surface area contributed by atoms with E-state index in [1.165, 1.54) is 6.20 Å². The molecule has 3 rings (SSSR count). The maximum Gasteiger partial charge on any atom is 0.161 e. The quantitative estimate of drug-likeness (QED) is 0.709. The molecule has 7 heteroatoms. The smallest absolute Gasteiger partial charge is 0.161 e. The van der Waals surface area contributed by atoms with E-state index >= 15 is 0 Å². The van der Waals surface area contributed by atoms with Crippen LogP contribution in [-0.2, 0) is 6.42 Å². The molecular weight excluding hydrogens is 276 g/mol. The number of nitrogens with one attached hydrogen (secondary N) is 2. The van der Waals surface area contributed by atoms with Gasteiger partial charge in [0.05, 0.1) is 17.2 Å². The first-order valence-corrected chi connectivity index (χ1v) is 6.56. The van der Waals surface area contributed by atoms with E-state index in [1.807, 2.05) is 6.07 Å². The second-order valence-electron chi connectivity index (χ2n) is 4.62. The summed E-state index contributed by atoms with van der Waals surface area (Å²) in [6.07, 6.45) is 4.98. The van der Waals surface area contributed by atoms with Crippen LogP contribution in [0, 0.1) is 11.6 Å². The Morgan fingerprint density at radius 3 is 2.71 bits per heavy atom. The van der Waals surface area contributed by atoms with Gasteiger partial charge >= 0.3 is 0 Å². The summed E-state index contributed by atoms with van der Waals surface area (Å²) in [5, 5.41) is 9.87. The summed E-state index contributed by atoms with van der Waals surface area (Å²) >= 11 is 0. The minimum atomic E-state index is -0.923. The van der Waals surface area contributed by atoms with Crippen LogP contribution >= 0.6 is 0 Å². The Balaban J connectivity index is 1.63. The SMILES string of the molecule is Fc1cc2ncc(NCCCc3ccn[nH]3)nc2cc1F. The van der Waals surface area contributed by atoms with Crippen LogP contribution in [-0.4, -0.2) is 26.7 Å². The highest BCUT2D eigenvalue weighted by Crippen LogP contribution is 2.16. The van der Waals surface area contributed by atoms with Gasteiger partial charge in [0.25, 0.3) is 0 Å². The third-order valence-electron chi connectivity index (χ3n) is 3.07. The van der Waals surface area contributed by atoms with Crippen molar-refractivity contribution in [1.29, 1.82) is 0 Å². The van der Waals surface area contributed by atoms with Crippen LogP contribution in [0.15, 0.2) is 30.6 Å². The number of aromatic amines is 1. The van der Waals surface area contributed by atoms with Crippen molar-refractivity contribution in [1.82, 2.24) is 20.2 Å². The molecule has 2 N–H and O–H groups in total. The summed E-state index contributed by atoms with van der Waals surface area (Å²) in [5.41, 5.74) is 1.73. The molecule has 21 heavy (non-hydrogen) atoms.